The molecule has 1 heterocycles. The minimum absolute atomic E-state index is 0.204. The van der Waals surface area contributed by atoms with Gasteiger partial charge in [0.1, 0.15) is 12.2 Å². The summed E-state index contributed by atoms with van der Waals surface area (Å²) in [6.07, 6.45) is 4.85. The summed E-state index contributed by atoms with van der Waals surface area (Å²) in [4.78, 5) is 1.89. The topological polar surface area (TPSA) is 93.4 Å². The van der Waals surface area contributed by atoms with Crippen molar-refractivity contribution in [3.05, 3.63) is 0 Å². The molecule has 1 fully saturated rings. The first-order chi connectivity index (χ1) is 10.6. The molecular formula is C16H33NO5. The molecule has 0 aromatic carbocycles. The molecule has 4 atom stereocenters. The standard InChI is InChI=1S/C16H33NO5/c1-22-10-8-6-4-2-3-5-7-9-17-11-14(19)16(21)15(20)13(17)12-18/h13-16,18-21H,2-12H2,1H3/t13-,14+,15-,16-/m0/s1. The van der Waals surface area contributed by atoms with Gasteiger partial charge in [-0.25, -0.2) is 0 Å². The first-order valence-electron chi connectivity index (χ1n) is 8.49. The third-order valence-corrected chi connectivity index (χ3v) is 4.51. The summed E-state index contributed by atoms with van der Waals surface area (Å²) in [7, 11) is 1.73. The molecule has 1 saturated heterocycles. The minimum atomic E-state index is -1.17. The van der Waals surface area contributed by atoms with Gasteiger partial charge in [-0.3, -0.25) is 4.90 Å². The van der Waals surface area contributed by atoms with Crippen molar-refractivity contribution >= 4 is 0 Å². The molecule has 0 aliphatic carbocycles. The second-order valence-corrected chi connectivity index (χ2v) is 6.26. The molecule has 0 saturated carbocycles. The van der Waals surface area contributed by atoms with E-state index >= 15 is 0 Å². The maximum Gasteiger partial charge on any atom is 0.109 e. The zero-order valence-electron chi connectivity index (χ0n) is 13.7. The normalized spacial score (nSPS) is 29.9. The lowest BCUT2D eigenvalue weighted by Gasteiger charge is -2.43. The van der Waals surface area contributed by atoms with E-state index in [0.29, 0.717) is 6.54 Å². The molecule has 6 nitrogen and oxygen atoms in total. The number of ether oxygens (including phenoxy) is 1. The lowest BCUT2D eigenvalue weighted by Crippen LogP contribution is -2.62. The lowest BCUT2D eigenvalue weighted by molar-refractivity contribution is -0.145. The molecule has 0 bridgehead atoms. The number of β-amino-alcohol motifs (C(OH)–C–C–N with tert-alkyl or cyclic N) is 1. The van der Waals surface area contributed by atoms with Crippen LogP contribution in [0.4, 0.5) is 0 Å². The van der Waals surface area contributed by atoms with Crippen LogP contribution >= 0.6 is 0 Å². The van der Waals surface area contributed by atoms with E-state index in [1.165, 1.54) is 25.7 Å². The average molecular weight is 319 g/mol. The van der Waals surface area contributed by atoms with Gasteiger partial charge in [0.05, 0.1) is 18.8 Å². The second-order valence-electron chi connectivity index (χ2n) is 6.26. The minimum Gasteiger partial charge on any atom is -0.395 e. The summed E-state index contributed by atoms with van der Waals surface area (Å²) in [6, 6.07) is -0.479. The zero-order valence-corrected chi connectivity index (χ0v) is 13.7. The predicted molar refractivity (Wildman–Crippen MR) is 84.7 cm³/mol. The summed E-state index contributed by atoms with van der Waals surface area (Å²) < 4.78 is 5.02. The van der Waals surface area contributed by atoms with Gasteiger partial charge < -0.3 is 25.2 Å². The summed E-state index contributed by atoms with van der Waals surface area (Å²) in [5.41, 5.74) is 0. The molecule has 132 valence electrons. The third-order valence-electron chi connectivity index (χ3n) is 4.51. The fraction of sp³-hybridized carbons (Fsp3) is 1.00. The van der Waals surface area contributed by atoms with E-state index in [0.717, 1.165) is 32.4 Å². The van der Waals surface area contributed by atoms with Crippen LogP contribution in [0.5, 0.6) is 0 Å². The van der Waals surface area contributed by atoms with Gasteiger partial charge in [-0.1, -0.05) is 32.1 Å². The van der Waals surface area contributed by atoms with E-state index in [9.17, 15) is 20.4 Å². The fourth-order valence-corrected chi connectivity index (χ4v) is 3.08. The van der Waals surface area contributed by atoms with Crippen molar-refractivity contribution in [2.75, 3.05) is 33.4 Å². The van der Waals surface area contributed by atoms with Gasteiger partial charge in [-0.05, 0) is 19.4 Å². The van der Waals surface area contributed by atoms with E-state index in [4.69, 9.17) is 4.74 Å². The molecule has 1 aliphatic rings. The summed E-state index contributed by atoms with van der Waals surface area (Å²) in [5, 5.41) is 38.7. The number of unbranched alkanes of at least 4 members (excludes halogenated alkanes) is 6. The summed E-state index contributed by atoms with van der Waals surface area (Å²) >= 11 is 0. The number of aliphatic hydroxyl groups excluding tert-OH is 4. The Balaban J connectivity index is 2.12. The molecule has 0 unspecified atom stereocenters. The molecule has 0 radical (unpaired) electrons. The van der Waals surface area contributed by atoms with Crippen LogP contribution in [0.3, 0.4) is 0 Å². The molecule has 0 aromatic rings. The van der Waals surface area contributed by atoms with Crippen molar-refractivity contribution in [2.24, 2.45) is 0 Å². The van der Waals surface area contributed by atoms with Crippen molar-refractivity contribution in [3.8, 4) is 0 Å². The first-order valence-corrected chi connectivity index (χ1v) is 8.49. The summed E-state index contributed by atoms with van der Waals surface area (Å²) in [5.74, 6) is 0. The van der Waals surface area contributed by atoms with Crippen LogP contribution in [0, 0.1) is 0 Å². The second kappa shape index (κ2) is 11.3. The molecule has 4 N–H and O–H groups in total. The quantitative estimate of drug-likeness (QED) is 0.404. The number of aliphatic hydroxyl groups is 4. The SMILES string of the molecule is COCCCCCCCCCN1C[C@@H](O)[C@H](O)[C@@H](O)[C@@H]1CO. The van der Waals surface area contributed by atoms with Gasteiger partial charge in [0.25, 0.3) is 0 Å². The Hall–Kier alpha value is -0.240. The van der Waals surface area contributed by atoms with E-state index in [-0.39, 0.29) is 6.61 Å². The molecule has 1 rings (SSSR count). The highest BCUT2D eigenvalue weighted by Gasteiger charge is 2.40. The van der Waals surface area contributed by atoms with Gasteiger partial charge in [0.2, 0.25) is 0 Å². The number of rotatable bonds is 11. The van der Waals surface area contributed by atoms with Crippen molar-refractivity contribution in [3.63, 3.8) is 0 Å². The van der Waals surface area contributed by atoms with Crippen LogP contribution in [0.15, 0.2) is 0 Å². The maximum absolute atomic E-state index is 9.90. The third kappa shape index (κ3) is 6.48. The highest BCUT2D eigenvalue weighted by molar-refractivity contribution is 4.93. The number of hydrogen-bond acceptors (Lipinski definition) is 6. The number of piperidine rings is 1. The Morgan fingerprint density at radius 3 is 2.09 bits per heavy atom. The van der Waals surface area contributed by atoms with Crippen LogP contribution in [0.25, 0.3) is 0 Å². The van der Waals surface area contributed by atoms with E-state index in [1.54, 1.807) is 7.11 Å². The molecule has 6 heteroatoms. The predicted octanol–water partition coefficient (Wildman–Crippen LogP) is 0.123. The van der Waals surface area contributed by atoms with Crippen molar-refractivity contribution in [2.45, 2.75) is 69.3 Å². The Labute approximate surface area is 133 Å². The first kappa shape index (κ1) is 19.8. The molecule has 1 aliphatic heterocycles. The van der Waals surface area contributed by atoms with Gasteiger partial charge in [0.15, 0.2) is 0 Å². The van der Waals surface area contributed by atoms with Gasteiger partial charge in [-0.15, -0.1) is 0 Å². The maximum atomic E-state index is 9.90. The molecular weight excluding hydrogens is 286 g/mol. The smallest absolute Gasteiger partial charge is 0.109 e. The number of methoxy groups -OCH3 is 1. The van der Waals surface area contributed by atoms with Gasteiger partial charge >= 0.3 is 0 Å². The van der Waals surface area contributed by atoms with Crippen LogP contribution in [0.2, 0.25) is 0 Å². The highest BCUT2D eigenvalue weighted by Crippen LogP contribution is 2.19. The number of hydrogen-bond donors (Lipinski definition) is 4. The van der Waals surface area contributed by atoms with Crippen molar-refractivity contribution in [1.82, 2.24) is 4.90 Å². The van der Waals surface area contributed by atoms with Gasteiger partial charge in [-0.2, -0.15) is 0 Å². The fourth-order valence-electron chi connectivity index (χ4n) is 3.08. The monoisotopic (exact) mass is 319 g/mol. The summed E-state index contributed by atoms with van der Waals surface area (Å²) in [6.45, 7) is 1.68. The van der Waals surface area contributed by atoms with Crippen LogP contribution in [-0.4, -0.2) is 83.1 Å². The Morgan fingerprint density at radius 1 is 0.909 bits per heavy atom. The zero-order chi connectivity index (χ0) is 16.4. The van der Waals surface area contributed by atoms with Crippen molar-refractivity contribution < 1.29 is 25.2 Å². The number of nitrogens with zero attached hydrogens (tertiary/aromatic N) is 1. The molecule has 0 amide bonds. The largest absolute Gasteiger partial charge is 0.395 e. The molecule has 22 heavy (non-hydrogen) atoms. The lowest BCUT2D eigenvalue weighted by atomic mass is 9.94. The van der Waals surface area contributed by atoms with Crippen LogP contribution in [0.1, 0.15) is 44.9 Å². The number of likely N-dealkylation sites (tertiary alicyclic amines) is 1. The van der Waals surface area contributed by atoms with E-state index < -0.39 is 24.4 Å². The van der Waals surface area contributed by atoms with Crippen LogP contribution in [-0.2, 0) is 4.74 Å². The Kier molecular flexibility index (Phi) is 10.2. The average Bonchev–Trinajstić information content (AvgIpc) is 2.51. The van der Waals surface area contributed by atoms with E-state index in [1.807, 2.05) is 4.90 Å². The molecule has 0 aromatic heterocycles. The molecule has 0 spiro atoms. The Morgan fingerprint density at radius 2 is 1.50 bits per heavy atom. The highest BCUT2D eigenvalue weighted by atomic mass is 16.5. The van der Waals surface area contributed by atoms with Crippen LogP contribution < -0.4 is 0 Å². The van der Waals surface area contributed by atoms with Crippen molar-refractivity contribution in [1.29, 1.82) is 0 Å². The van der Waals surface area contributed by atoms with Gasteiger partial charge in [0, 0.05) is 20.3 Å². The van der Waals surface area contributed by atoms with E-state index in [2.05, 4.69) is 0 Å². The Bertz CT molecular complexity index is 279.